The highest BCUT2D eigenvalue weighted by Crippen LogP contribution is 2.15. The van der Waals surface area contributed by atoms with E-state index in [-0.39, 0.29) is 5.56 Å². The van der Waals surface area contributed by atoms with Gasteiger partial charge < -0.3 is 10.2 Å². The number of carbonyl (C=O) groups is 1. The van der Waals surface area contributed by atoms with Gasteiger partial charge in [0.15, 0.2) is 0 Å². The van der Waals surface area contributed by atoms with Gasteiger partial charge in [0.2, 0.25) is 0 Å². The predicted molar refractivity (Wildman–Crippen MR) is 60.4 cm³/mol. The van der Waals surface area contributed by atoms with E-state index >= 15 is 0 Å². The Bertz CT molecular complexity index is 613. The Kier molecular flexibility index (Phi) is 2.48. The van der Waals surface area contributed by atoms with Crippen LogP contribution in [0.1, 0.15) is 22.8 Å². The molecule has 0 spiro atoms. The molecule has 1 amide bonds. The predicted octanol–water partition coefficient (Wildman–Crippen LogP) is 1.45. The molecule has 2 N–H and O–H groups in total. The quantitative estimate of drug-likeness (QED) is 0.774. The van der Waals surface area contributed by atoms with Gasteiger partial charge in [-0.1, -0.05) is 13.0 Å². The third kappa shape index (κ3) is 1.69. The van der Waals surface area contributed by atoms with Crippen LogP contribution in [-0.4, -0.2) is 5.91 Å². The number of hydrogen-bond donors (Lipinski definition) is 1. The first-order valence-corrected chi connectivity index (χ1v) is 4.98. The second kappa shape index (κ2) is 3.81. The van der Waals surface area contributed by atoms with Crippen LogP contribution < -0.4 is 11.4 Å². The van der Waals surface area contributed by atoms with Crippen molar-refractivity contribution in [3.63, 3.8) is 0 Å². The molecule has 1 heterocycles. The van der Waals surface area contributed by atoms with Crippen LogP contribution in [0.3, 0.4) is 0 Å². The zero-order valence-electron chi connectivity index (χ0n) is 8.82. The second-order valence-corrected chi connectivity index (χ2v) is 3.54. The van der Waals surface area contributed by atoms with E-state index < -0.39 is 11.5 Å². The Balaban J connectivity index is 2.75. The summed E-state index contributed by atoms with van der Waals surface area (Å²) >= 11 is 0. The van der Waals surface area contributed by atoms with Crippen molar-refractivity contribution in [2.75, 3.05) is 0 Å². The molecule has 0 aliphatic rings. The lowest BCUT2D eigenvalue weighted by atomic mass is 10.1. The molecule has 4 heteroatoms. The van der Waals surface area contributed by atoms with E-state index in [9.17, 15) is 9.59 Å². The minimum atomic E-state index is -0.766. The van der Waals surface area contributed by atoms with E-state index in [4.69, 9.17) is 10.2 Å². The first-order chi connectivity index (χ1) is 7.61. The van der Waals surface area contributed by atoms with Crippen LogP contribution in [0.5, 0.6) is 0 Å². The van der Waals surface area contributed by atoms with Crippen molar-refractivity contribution >= 4 is 16.9 Å². The topological polar surface area (TPSA) is 73.3 Å². The molecule has 2 rings (SSSR count). The van der Waals surface area contributed by atoms with Crippen molar-refractivity contribution in [1.29, 1.82) is 0 Å². The van der Waals surface area contributed by atoms with E-state index in [0.29, 0.717) is 11.0 Å². The SMILES string of the molecule is CCc1ccc2oc(=O)c(C(N)=O)cc2c1. The summed E-state index contributed by atoms with van der Waals surface area (Å²) in [5.74, 6) is -0.766. The number of fused-ring (bicyclic) bond motifs is 1. The highest BCUT2D eigenvalue weighted by molar-refractivity contribution is 5.95. The number of carbonyl (C=O) groups excluding carboxylic acids is 1. The molecular weight excluding hydrogens is 206 g/mol. The van der Waals surface area contributed by atoms with Crippen molar-refractivity contribution in [3.05, 3.63) is 45.8 Å². The summed E-state index contributed by atoms with van der Waals surface area (Å²) in [7, 11) is 0. The van der Waals surface area contributed by atoms with Crippen molar-refractivity contribution < 1.29 is 9.21 Å². The minimum absolute atomic E-state index is 0.110. The van der Waals surface area contributed by atoms with Crippen LogP contribution in [0.25, 0.3) is 11.0 Å². The lowest BCUT2D eigenvalue weighted by molar-refractivity contribution is 0.0997. The summed E-state index contributed by atoms with van der Waals surface area (Å²) < 4.78 is 5.00. The second-order valence-electron chi connectivity index (χ2n) is 3.54. The number of benzene rings is 1. The van der Waals surface area contributed by atoms with Crippen LogP contribution in [-0.2, 0) is 6.42 Å². The van der Waals surface area contributed by atoms with Gasteiger partial charge in [0, 0.05) is 5.39 Å². The van der Waals surface area contributed by atoms with E-state index in [1.807, 2.05) is 19.1 Å². The van der Waals surface area contributed by atoms with Crippen LogP contribution in [0.4, 0.5) is 0 Å². The summed E-state index contributed by atoms with van der Waals surface area (Å²) in [6.07, 6.45) is 0.876. The Hall–Kier alpha value is -2.10. The molecule has 1 aromatic heterocycles. The van der Waals surface area contributed by atoms with Crippen molar-refractivity contribution in [2.24, 2.45) is 5.73 Å². The van der Waals surface area contributed by atoms with E-state index in [1.165, 1.54) is 6.07 Å². The number of rotatable bonds is 2. The summed E-state index contributed by atoms with van der Waals surface area (Å²) in [4.78, 5) is 22.3. The highest BCUT2D eigenvalue weighted by atomic mass is 16.4. The molecule has 0 saturated carbocycles. The molecule has 0 saturated heterocycles. The van der Waals surface area contributed by atoms with Gasteiger partial charge in [-0.25, -0.2) is 4.79 Å². The van der Waals surface area contributed by atoms with E-state index in [0.717, 1.165) is 12.0 Å². The monoisotopic (exact) mass is 217 g/mol. The number of hydrogen-bond acceptors (Lipinski definition) is 3. The summed E-state index contributed by atoms with van der Waals surface area (Å²) in [6, 6.07) is 6.96. The van der Waals surface area contributed by atoms with Crippen molar-refractivity contribution in [1.82, 2.24) is 0 Å². The molecule has 0 atom stereocenters. The maximum Gasteiger partial charge on any atom is 0.349 e. The molecular formula is C12H11NO3. The molecule has 0 bridgehead atoms. The minimum Gasteiger partial charge on any atom is -0.422 e. The Morgan fingerprint density at radius 3 is 2.75 bits per heavy atom. The zero-order valence-corrected chi connectivity index (χ0v) is 8.82. The number of primary amides is 1. The highest BCUT2D eigenvalue weighted by Gasteiger charge is 2.10. The molecule has 4 nitrogen and oxygen atoms in total. The normalized spacial score (nSPS) is 10.6. The molecule has 0 unspecified atom stereocenters. The molecule has 82 valence electrons. The zero-order chi connectivity index (χ0) is 11.7. The standard InChI is InChI=1S/C12H11NO3/c1-2-7-3-4-10-8(5-7)6-9(11(13)14)12(15)16-10/h3-6H,2H2,1H3,(H2,13,14). The first kappa shape index (κ1) is 10.4. The first-order valence-electron chi connectivity index (χ1n) is 4.98. The summed E-state index contributed by atoms with van der Waals surface area (Å²) in [6.45, 7) is 2.02. The average molecular weight is 217 g/mol. The summed E-state index contributed by atoms with van der Waals surface area (Å²) in [5.41, 5.74) is 5.85. The van der Waals surface area contributed by atoms with Crippen LogP contribution in [0.2, 0.25) is 0 Å². The third-order valence-electron chi connectivity index (χ3n) is 2.47. The molecule has 2 aromatic rings. The molecule has 1 aromatic carbocycles. The molecule has 0 radical (unpaired) electrons. The fourth-order valence-electron chi connectivity index (χ4n) is 1.56. The molecule has 0 fully saturated rings. The van der Waals surface area contributed by atoms with Gasteiger partial charge in [0.1, 0.15) is 11.1 Å². The molecule has 0 aliphatic carbocycles. The average Bonchev–Trinajstić information content (AvgIpc) is 2.27. The van der Waals surface area contributed by atoms with Gasteiger partial charge >= 0.3 is 5.63 Å². The van der Waals surface area contributed by atoms with Crippen molar-refractivity contribution in [2.45, 2.75) is 13.3 Å². The Morgan fingerprint density at radius 1 is 1.38 bits per heavy atom. The summed E-state index contributed by atoms with van der Waals surface area (Å²) in [5, 5.41) is 0.716. The largest absolute Gasteiger partial charge is 0.422 e. The molecule has 16 heavy (non-hydrogen) atoms. The molecule has 0 aliphatic heterocycles. The van der Waals surface area contributed by atoms with Crippen LogP contribution in [0, 0.1) is 0 Å². The van der Waals surface area contributed by atoms with Gasteiger partial charge in [0.25, 0.3) is 5.91 Å². The fraction of sp³-hybridized carbons (Fsp3) is 0.167. The lowest BCUT2D eigenvalue weighted by Gasteiger charge is -2.01. The fourth-order valence-corrected chi connectivity index (χ4v) is 1.56. The van der Waals surface area contributed by atoms with Crippen LogP contribution in [0.15, 0.2) is 33.5 Å². The smallest absolute Gasteiger partial charge is 0.349 e. The van der Waals surface area contributed by atoms with Gasteiger partial charge in [0.05, 0.1) is 0 Å². The number of amides is 1. The Labute approximate surface area is 91.7 Å². The van der Waals surface area contributed by atoms with E-state index in [1.54, 1.807) is 6.07 Å². The van der Waals surface area contributed by atoms with Gasteiger partial charge in [-0.3, -0.25) is 4.79 Å². The van der Waals surface area contributed by atoms with Gasteiger partial charge in [-0.15, -0.1) is 0 Å². The maximum atomic E-state index is 11.4. The third-order valence-corrected chi connectivity index (χ3v) is 2.47. The van der Waals surface area contributed by atoms with E-state index in [2.05, 4.69) is 0 Å². The van der Waals surface area contributed by atoms with Gasteiger partial charge in [-0.2, -0.15) is 0 Å². The van der Waals surface area contributed by atoms with Gasteiger partial charge in [-0.05, 0) is 30.2 Å². The maximum absolute atomic E-state index is 11.4. The number of nitrogens with two attached hydrogens (primary N) is 1. The Morgan fingerprint density at radius 2 is 2.12 bits per heavy atom. The van der Waals surface area contributed by atoms with Crippen LogP contribution >= 0.6 is 0 Å². The number of aryl methyl sites for hydroxylation is 1. The lowest BCUT2D eigenvalue weighted by Crippen LogP contribution is -2.20. The van der Waals surface area contributed by atoms with Crippen molar-refractivity contribution in [3.8, 4) is 0 Å².